The first-order valence-electron chi connectivity index (χ1n) is 5.47. The van der Waals surface area contributed by atoms with Crippen LogP contribution in [0.3, 0.4) is 0 Å². The van der Waals surface area contributed by atoms with Crippen LogP contribution in [0.4, 0.5) is 10.1 Å². The maximum Gasteiger partial charge on any atom is 0.129 e. The average molecular weight is 340 g/mol. The van der Waals surface area contributed by atoms with E-state index in [1.165, 1.54) is 6.07 Å². The van der Waals surface area contributed by atoms with Gasteiger partial charge in [0.15, 0.2) is 0 Å². The molecule has 0 saturated carbocycles. The zero-order chi connectivity index (χ0) is 13.8. The lowest BCUT2D eigenvalue weighted by Crippen LogP contribution is -2.02. The van der Waals surface area contributed by atoms with Crippen LogP contribution >= 0.6 is 27.5 Å². The third-order valence-corrected chi connectivity index (χ3v) is 3.82. The van der Waals surface area contributed by atoms with E-state index in [2.05, 4.69) is 21.2 Å². The van der Waals surface area contributed by atoms with Crippen LogP contribution in [0.15, 0.2) is 40.9 Å². The van der Waals surface area contributed by atoms with E-state index in [0.29, 0.717) is 22.7 Å². The van der Waals surface area contributed by atoms with Crippen LogP contribution < -0.4 is 5.32 Å². The van der Waals surface area contributed by atoms with Crippen molar-refractivity contribution < 1.29 is 4.39 Å². The van der Waals surface area contributed by atoms with Crippen molar-refractivity contribution in [3.63, 3.8) is 0 Å². The highest BCUT2D eigenvalue weighted by Gasteiger charge is 2.04. The number of rotatable bonds is 3. The van der Waals surface area contributed by atoms with Gasteiger partial charge in [-0.05, 0) is 46.3 Å². The maximum absolute atomic E-state index is 13.7. The number of anilines is 1. The maximum atomic E-state index is 13.7. The molecule has 0 unspecified atom stereocenters. The Hall–Kier alpha value is -1.57. The lowest BCUT2D eigenvalue weighted by Gasteiger charge is -2.08. The van der Waals surface area contributed by atoms with Gasteiger partial charge in [0.05, 0.1) is 16.7 Å². The molecule has 2 aromatic carbocycles. The summed E-state index contributed by atoms with van der Waals surface area (Å²) in [6.45, 7) is 0.329. The molecule has 1 N–H and O–H groups in total. The van der Waals surface area contributed by atoms with Crippen molar-refractivity contribution in [2.75, 3.05) is 5.32 Å². The van der Waals surface area contributed by atoms with E-state index in [0.717, 1.165) is 10.2 Å². The van der Waals surface area contributed by atoms with Gasteiger partial charge in [-0.15, -0.1) is 0 Å². The van der Waals surface area contributed by atoms with Gasteiger partial charge < -0.3 is 5.32 Å². The minimum absolute atomic E-state index is 0.313. The van der Waals surface area contributed by atoms with E-state index < -0.39 is 5.82 Å². The van der Waals surface area contributed by atoms with Gasteiger partial charge in [0.1, 0.15) is 5.82 Å². The molecule has 0 aliphatic carbocycles. The fraction of sp³-hybridized carbons (Fsp3) is 0.0714. The number of hydrogen-bond acceptors (Lipinski definition) is 2. The summed E-state index contributed by atoms with van der Waals surface area (Å²) in [5.74, 6) is -0.394. The van der Waals surface area contributed by atoms with Crippen molar-refractivity contribution >= 4 is 33.2 Å². The Balaban J connectivity index is 2.10. The third-order valence-electron chi connectivity index (χ3n) is 2.58. The molecule has 0 radical (unpaired) electrons. The highest BCUT2D eigenvalue weighted by molar-refractivity contribution is 9.10. The second kappa shape index (κ2) is 6.05. The Labute approximate surface area is 123 Å². The summed E-state index contributed by atoms with van der Waals surface area (Å²) in [6, 6.07) is 11.7. The molecule has 0 atom stereocenters. The minimum atomic E-state index is -0.394. The highest BCUT2D eigenvalue weighted by Crippen LogP contribution is 2.25. The molecule has 0 aromatic heterocycles. The van der Waals surface area contributed by atoms with Crippen molar-refractivity contribution in [1.29, 1.82) is 5.26 Å². The van der Waals surface area contributed by atoms with Gasteiger partial charge in [0.2, 0.25) is 0 Å². The molecular weight excluding hydrogens is 331 g/mol. The Morgan fingerprint density at radius 1 is 1.26 bits per heavy atom. The number of nitrogens with one attached hydrogen (secondary N) is 1. The lowest BCUT2D eigenvalue weighted by atomic mass is 10.1. The van der Waals surface area contributed by atoms with Crippen molar-refractivity contribution in [3.8, 4) is 6.07 Å². The minimum Gasteiger partial charge on any atom is -0.381 e. The molecule has 96 valence electrons. The van der Waals surface area contributed by atoms with Crippen LogP contribution in [0.1, 0.15) is 11.1 Å². The van der Waals surface area contributed by atoms with Crippen LogP contribution in [0.5, 0.6) is 0 Å². The number of halogens is 3. The van der Waals surface area contributed by atoms with Gasteiger partial charge in [-0.25, -0.2) is 4.39 Å². The first kappa shape index (κ1) is 13.9. The third kappa shape index (κ3) is 3.46. The summed E-state index contributed by atoms with van der Waals surface area (Å²) in [4.78, 5) is 0. The lowest BCUT2D eigenvalue weighted by molar-refractivity contribution is 0.612. The monoisotopic (exact) mass is 338 g/mol. The molecule has 5 heteroatoms. The van der Waals surface area contributed by atoms with Gasteiger partial charge >= 0.3 is 0 Å². The molecule has 0 saturated heterocycles. The Bertz CT molecular complexity index is 652. The Morgan fingerprint density at radius 3 is 2.68 bits per heavy atom. The summed E-state index contributed by atoms with van der Waals surface area (Å²) >= 11 is 9.27. The summed E-state index contributed by atoms with van der Waals surface area (Å²) in [6.07, 6.45) is 0. The van der Waals surface area contributed by atoms with Crippen LogP contribution in [-0.4, -0.2) is 0 Å². The van der Waals surface area contributed by atoms with Crippen molar-refractivity contribution in [1.82, 2.24) is 0 Å². The van der Waals surface area contributed by atoms with Crippen molar-refractivity contribution in [3.05, 3.63) is 62.8 Å². The second-order valence-corrected chi connectivity index (χ2v) is 5.16. The molecule has 2 rings (SSSR count). The van der Waals surface area contributed by atoms with Gasteiger partial charge in [-0.3, -0.25) is 0 Å². The smallest absolute Gasteiger partial charge is 0.129 e. The normalized spacial score (nSPS) is 10.0. The molecule has 0 aliphatic heterocycles. The first-order chi connectivity index (χ1) is 9.10. The molecule has 0 aliphatic rings. The second-order valence-electron chi connectivity index (χ2n) is 3.90. The van der Waals surface area contributed by atoms with Gasteiger partial charge in [-0.1, -0.05) is 17.7 Å². The van der Waals surface area contributed by atoms with Gasteiger partial charge in [0, 0.05) is 22.3 Å². The molecule has 2 nitrogen and oxygen atoms in total. The number of nitrogens with zero attached hydrogens (tertiary/aromatic N) is 1. The largest absolute Gasteiger partial charge is 0.381 e. The van der Waals surface area contributed by atoms with Gasteiger partial charge in [-0.2, -0.15) is 5.26 Å². The number of hydrogen-bond donors (Lipinski definition) is 1. The summed E-state index contributed by atoms with van der Waals surface area (Å²) in [5.41, 5.74) is 1.61. The van der Waals surface area contributed by atoms with E-state index >= 15 is 0 Å². The SMILES string of the molecule is N#Cc1ccc(CNc2ccc(Br)c(Cl)c2)c(F)c1. The van der Waals surface area contributed by atoms with E-state index in [9.17, 15) is 4.39 Å². The quantitative estimate of drug-likeness (QED) is 0.878. The van der Waals surface area contributed by atoms with Crippen LogP contribution in [0.25, 0.3) is 0 Å². The fourth-order valence-corrected chi connectivity index (χ4v) is 1.99. The van der Waals surface area contributed by atoms with E-state index in [1.807, 2.05) is 18.2 Å². The van der Waals surface area contributed by atoms with Crippen molar-refractivity contribution in [2.24, 2.45) is 0 Å². The summed E-state index contributed by atoms with van der Waals surface area (Å²) < 4.78 is 14.5. The number of nitriles is 1. The topological polar surface area (TPSA) is 35.8 Å². The van der Waals surface area contributed by atoms with E-state index in [-0.39, 0.29) is 0 Å². The molecular formula is C14H9BrClFN2. The van der Waals surface area contributed by atoms with E-state index in [4.69, 9.17) is 16.9 Å². The molecule has 2 aromatic rings. The zero-order valence-corrected chi connectivity index (χ0v) is 12.1. The number of benzene rings is 2. The predicted molar refractivity (Wildman–Crippen MR) is 77.6 cm³/mol. The summed E-state index contributed by atoms with van der Waals surface area (Å²) in [7, 11) is 0. The molecule has 0 fully saturated rings. The van der Waals surface area contributed by atoms with Crippen LogP contribution in [0.2, 0.25) is 5.02 Å². The fourth-order valence-electron chi connectivity index (χ4n) is 1.56. The molecule has 0 bridgehead atoms. The molecule has 19 heavy (non-hydrogen) atoms. The Morgan fingerprint density at radius 2 is 2.05 bits per heavy atom. The van der Waals surface area contributed by atoms with Crippen LogP contribution in [0, 0.1) is 17.1 Å². The molecule has 0 amide bonds. The first-order valence-corrected chi connectivity index (χ1v) is 6.64. The van der Waals surface area contributed by atoms with E-state index in [1.54, 1.807) is 18.2 Å². The van der Waals surface area contributed by atoms with Crippen LogP contribution in [-0.2, 0) is 6.54 Å². The van der Waals surface area contributed by atoms with Crippen molar-refractivity contribution in [2.45, 2.75) is 6.54 Å². The average Bonchev–Trinajstić information content (AvgIpc) is 2.41. The predicted octanol–water partition coefficient (Wildman–Crippen LogP) is 4.73. The highest BCUT2D eigenvalue weighted by atomic mass is 79.9. The summed E-state index contributed by atoms with van der Waals surface area (Å²) in [5, 5.41) is 12.3. The zero-order valence-electron chi connectivity index (χ0n) is 9.75. The van der Waals surface area contributed by atoms with Gasteiger partial charge in [0.25, 0.3) is 0 Å². The molecule has 0 heterocycles. The molecule has 0 spiro atoms. The standard InChI is InChI=1S/C14H9BrClFN2/c15-12-4-3-11(6-13(12)16)19-8-10-2-1-9(7-18)5-14(10)17/h1-6,19H,8H2. The Kier molecular flexibility index (Phi) is 4.41.